The molecule has 0 bridgehead atoms. The molecule has 0 heterocycles. The zero-order valence-corrected chi connectivity index (χ0v) is 18.5. The Bertz CT molecular complexity index is 1110. The third kappa shape index (κ3) is 6.00. The molecule has 0 aromatic heterocycles. The van der Waals surface area contributed by atoms with Gasteiger partial charge in [0.1, 0.15) is 17.3 Å². The maximum absolute atomic E-state index is 13.0. The molecule has 0 unspecified atom stereocenters. The first-order valence-electron chi connectivity index (χ1n) is 10.0. The Morgan fingerprint density at radius 2 is 1.33 bits per heavy atom. The Kier molecular flexibility index (Phi) is 7.86. The van der Waals surface area contributed by atoms with Crippen molar-refractivity contribution in [2.75, 3.05) is 27.9 Å². The number of methoxy groups -OCH3 is 3. The van der Waals surface area contributed by atoms with Crippen molar-refractivity contribution in [3.05, 3.63) is 83.2 Å². The molecule has 0 saturated carbocycles. The zero-order valence-electron chi connectivity index (χ0n) is 18.5. The number of nitrogens with one attached hydrogen (secondary N) is 1. The van der Waals surface area contributed by atoms with Crippen molar-refractivity contribution in [1.82, 2.24) is 5.32 Å². The number of hydrogen-bond acceptors (Lipinski definition) is 6. The molecular weight excluding hydrogens is 429 g/mol. The van der Waals surface area contributed by atoms with Gasteiger partial charge in [-0.3, -0.25) is 9.59 Å². The van der Waals surface area contributed by atoms with E-state index in [1.807, 2.05) is 0 Å². The van der Waals surface area contributed by atoms with Gasteiger partial charge in [0.05, 0.1) is 21.3 Å². The van der Waals surface area contributed by atoms with Crippen molar-refractivity contribution >= 4 is 11.7 Å². The molecule has 0 spiro atoms. The van der Waals surface area contributed by atoms with Gasteiger partial charge in [0.2, 0.25) is 0 Å². The summed E-state index contributed by atoms with van der Waals surface area (Å²) in [5.41, 5.74) is 1.53. The van der Waals surface area contributed by atoms with Crippen LogP contribution in [0.25, 0.3) is 0 Å². The summed E-state index contributed by atoms with van der Waals surface area (Å²) in [6, 6.07) is 15.1. The molecule has 1 N–H and O–H groups in total. The van der Waals surface area contributed by atoms with Gasteiger partial charge in [-0.1, -0.05) is 0 Å². The Labute approximate surface area is 191 Å². The summed E-state index contributed by atoms with van der Waals surface area (Å²) in [5.74, 6) is 1.06. The average molecular weight is 453 g/mol. The highest BCUT2D eigenvalue weighted by Gasteiger charge is 2.13. The maximum Gasteiger partial charge on any atom is 0.258 e. The van der Waals surface area contributed by atoms with Crippen LogP contribution in [-0.2, 0) is 11.3 Å². The van der Waals surface area contributed by atoms with Gasteiger partial charge in [0.15, 0.2) is 23.9 Å². The number of ketones is 1. The molecule has 33 heavy (non-hydrogen) atoms. The molecule has 0 aliphatic rings. The summed E-state index contributed by atoms with van der Waals surface area (Å²) in [7, 11) is 4.58. The molecule has 3 rings (SSSR count). The van der Waals surface area contributed by atoms with Crippen LogP contribution in [0.4, 0.5) is 4.39 Å². The van der Waals surface area contributed by atoms with E-state index in [9.17, 15) is 14.0 Å². The first kappa shape index (κ1) is 23.6. The van der Waals surface area contributed by atoms with Crippen molar-refractivity contribution in [1.29, 1.82) is 0 Å². The number of carbonyl (C=O) groups is 2. The van der Waals surface area contributed by atoms with E-state index in [4.69, 9.17) is 18.9 Å². The van der Waals surface area contributed by atoms with E-state index in [1.165, 1.54) is 45.6 Å². The number of hydrogen-bond donors (Lipinski definition) is 1. The van der Waals surface area contributed by atoms with Gasteiger partial charge < -0.3 is 24.3 Å². The van der Waals surface area contributed by atoms with E-state index in [0.717, 1.165) is 0 Å². The van der Waals surface area contributed by atoms with E-state index in [2.05, 4.69) is 5.32 Å². The van der Waals surface area contributed by atoms with Crippen molar-refractivity contribution in [3.8, 4) is 23.0 Å². The maximum atomic E-state index is 13.0. The highest BCUT2D eigenvalue weighted by atomic mass is 19.1. The first-order chi connectivity index (χ1) is 15.9. The largest absolute Gasteiger partial charge is 0.496 e. The van der Waals surface area contributed by atoms with Crippen molar-refractivity contribution in [2.24, 2.45) is 0 Å². The molecule has 172 valence electrons. The molecule has 3 aromatic carbocycles. The number of carbonyl (C=O) groups excluding carboxylic acids is 2. The number of amides is 1. The highest BCUT2D eigenvalue weighted by Crippen LogP contribution is 2.34. The van der Waals surface area contributed by atoms with Crippen LogP contribution in [0.2, 0.25) is 0 Å². The van der Waals surface area contributed by atoms with E-state index < -0.39 is 5.82 Å². The van der Waals surface area contributed by atoms with E-state index in [-0.39, 0.29) is 24.8 Å². The highest BCUT2D eigenvalue weighted by molar-refractivity contribution is 6.09. The van der Waals surface area contributed by atoms with E-state index in [1.54, 1.807) is 36.4 Å². The predicted molar refractivity (Wildman–Crippen MR) is 120 cm³/mol. The average Bonchev–Trinajstić information content (AvgIpc) is 2.85. The summed E-state index contributed by atoms with van der Waals surface area (Å²) < 4.78 is 34.4. The van der Waals surface area contributed by atoms with E-state index in [0.29, 0.717) is 39.7 Å². The van der Waals surface area contributed by atoms with Gasteiger partial charge >= 0.3 is 0 Å². The monoisotopic (exact) mass is 453 g/mol. The third-order valence-electron chi connectivity index (χ3n) is 4.86. The smallest absolute Gasteiger partial charge is 0.258 e. The second kappa shape index (κ2) is 11.0. The van der Waals surface area contributed by atoms with Gasteiger partial charge in [-0.2, -0.15) is 0 Å². The third-order valence-corrected chi connectivity index (χ3v) is 4.86. The van der Waals surface area contributed by atoms with Gasteiger partial charge in [-0.05, 0) is 54.6 Å². The molecule has 0 atom stereocenters. The van der Waals surface area contributed by atoms with Crippen LogP contribution in [0.3, 0.4) is 0 Å². The number of rotatable bonds is 10. The molecule has 3 aromatic rings. The summed E-state index contributed by atoms with van der Waals surface area (Å²) in [5, 5.41) is 2.76. The zero-order chi connectivity index (χ0) is 23.8. The standard InChI is InChI=1S/C25H24FNO6/c1-30-21-13-23(32-3)22(31-2)12-18(21)14-27-24(28)15-33-20-10-6-17(7-11-20)25(29)16-4-8-19(26)9-5-16/h4-13H,14-15H2,1-3H3,(H,27,28). The molecule has 7 nitrogen and oxygen atoms in total. The first-order valence-corrected chi connectivity index (χ1v) is 10.0. The minimum absolute atomic E-state index is 0.205. The van der Waals surface area contributed by atoms with Crippen LogP contribution in [0.1, 0.15) is 21.5 Å². The van der Waals surface area contributed by atoms with Crippen LogP contribution in [0.15, 0.2) is 60.7 Å². The Hall–Kier alpha value is -4.07. The van der Waals surface area contributed by atoms with Crippen molar-refractivity contribution in [2.45, 2.75) is 6.54 Å². The van der Waals surface area contributed by atoms with Crippen molar-refractivity contribution < 1.29 is 32.9 Å². The van der Waals surface area contributed by atoms with E-state index >= 15 is 0 Å². The molecule has 1 amide bonds. The normalized spacial score (nSPS) is 10.3. The lowest BCUT2D eigenvalue weighted by Gasteiger charge is -2.14. The second-order valence-corrected chi connectivity index (χ2v) is 6.94. The van der Waals surface area contributed by atoms with Crippen LogP contribution in [-0.4, -0.2) is 39.6 Å². The van der Waals surface area contributed by atoms with Gasteiger partial charge in [-0.15, -0.1) is 0 Å². The number of benzene rings is 3. The lowest BCUT2D eigenvalue weighted by atomic mass is 10.0. The fourth-order valence-corrected chi connectivity index (χ4v) is 3.09. The molecule has 0 aliphatic heterocycles. The molecular formula is C25H24FNO6. The quantitative estimate of drug-likeness (QED) is 0.471. The summed E-state index contributed by atoms with van der Waals surface area (Å²) in [6.07, 6.45) is 0. The lowest BCUT2D eigenvalue weighted by Crippen LogP contribution is -2.28. The minimum Gasteiger partial charge on any atom is -0.496 e. The molecule has 0 saturated heterocycles. The summed E-state index contributed by atoms with van der Waals surface area (Å²) in [4.78, 5) is 24.7. The molecule has 0 aliphatic carbocycles. The fourth-order valence-electron chi connectivity index (χ4n) is 3.09. The van der Waals surface area contributed by atoms with Crippen LogP contribution < -0.4 is 24.3 Å². The topological polar surface area (TPSA) is 83.1 Å². The Morgan fingerprint density at radius 1 is 0.788 bits per heavy atom. The summed E-state index contributed by atoms with van der Waals surface area (Å²) >= 11 is 0. The van der Waals surface area contributed by atoms with Crippen LogP contribution in [0.5, 0.6) is 23.0 Å². The Balaban J connectivity index is 1.55. The predicted octanol–water partition coefficient (Wildman–Crippen LogP) is 3.78. The number of halogens is 1. The Morgan fingerprint density at radius 3 is 1.91 bits per heavy atom. The second-order valence-electron chi connectivity index (χ2n) is 6.94. The van der Waals surface area contributed by atoms with Crippen LogP contribution in [0, 0.1) is 5.82 Å². The molecule has 0 radical (unpaired) electrons. The van der Waals surface area contributed by atoms with Gasteiger partial charge in [-0.25, -0.2) is 4.39 Å². The lowest BCUT2D eigenvalue weighted by molar-refractivity contribution is -0.123. The van der Waals surface area contributed by atoms with Gasteiger partial charge in [0, 0.05) is 29.3 Å². The van der Waals surface area contributed by atoms with Crippen molar-refractivity contribution in [3.63, 3.8) is 0 Å². The SMILES string of the molecule is COc1cc(OC)c(OC)cc1CNC(=O)COc1ccc(C(=O)c2ccc(F)cc2)cc1. The van der Waals surface area contributed by atoms with Gasteiger partial charge in [0.25, 0.3) is 5.91 Å². The minimum atomic E-state index is -0.404. The molecule has 8 heteroatoms. The fraction of sp³-hybridized carbons (Fsp3) is 0.200. The molecule has 0 fully saturated rings. The van der Waals surface area contributed by atoms with Crippen LogP contribution >= 0.6 is 0 Å². The number of ether oxygens (including phenoxy) is 4. The summed E-state index contributed by atoms with van der Waals surface area (Å²) in [6.45, 7) is -0.00229.